The first-order valence-electron chi connectivity index (χ1n) is 16.6. The first-order chi connectivity index (χ1) is 24.3. The maximum absolute atomic E-state index is 6.33. The molecule has 232 valence electrons. The lowest BCUT2D eigenvalue weighted by Crippen LogP contribution is -2.11. The van der Waals surface area contributed by atoms with Gasteiger partial charge in [0.1, 0.15) is 16.7 Å². The summed E-state index contributed by atoms with van der Waals surface area (Å²) in [6, 6.07) is 55.7. The van der Waals surface area contributed by atoms with Gasteiger partial charge in [0.05, 0.1) is 5.69 Å². The van der Waals surface area contributed by atoms with Gasteiger partial charge in [-0.2, -0.15) is 0 Å². The lowest BCUT2D eigenvalue weighted by Gasteiger charge is -2.26. The van der Waals surface area contributed by atoms with Crippen molar-refractivity contribution in [1.82, 2.24) is 0 Å². The van der Waals surface area contributed by atoms with Crippen LogP contribution >= 0.6 is 0 Å². The van der Waals surface area contributed by atoms with Gasteiger partial charge in [-0.3, -0.25) is 0 Å². The van der Waals surface area contributed by atoms with E-state index in [0.717, 1.165) is 73.5 Å². The molecule has 7 aromatic carbocycles. The van der Waals surface area contributed by atoms with Gasteiger partial charge >= 0.3 is 0 Å². The summed E-state index contributed by atoms with van der Waals surface area (Å²) in [5.41, 5.74) is 11.6. The van der Waals surface area contributed by atoms with E-state index in [1.54, 1.807) is 0 Å². The maximum atomic E-state index is 6.33. The van der Waals surface area contributed by atoms with E-state index in [9.17, 15) is 0 Å². The normalized spacial score (nSPS) is 12.7. The van der Waals surface area contributed by atoms with Crippen molar-refractivity contribution in [2.75, 3.05) is 16.8 Å². The highest BCUT2D eigenvalue weighted by Gasteiger charge is 2.20. The van der Waals surface area contributed by atoms with E-state index >= 15 is 0 Å². The molecule has 0 atom stereocenters. The summed E-state index contributed by atoms with van der Waals surface area (Å²) in [6.45, 7) is 0.734. The molecule has 10 rings (SSSR count). The Balaban J connectivity index is 1.06. The molecule has 0 amide bonds. The minimum Gasteiger partial charge on any atom is -0.456 e. The van der Waals surface area contributed by atoms with Gasteiger partial charge in [-0.1, -0.05) is 97.1 Å². The van der Waals surface area contributed by atoms with Gasteiger partial charge in [0.15, 0.2) is 5.76 Å². The minimum atomic E-state index is 0.734. The quantitative estimate of drug-likeness (QED) is 0.205. The van der Waals surface area contributed by atoms with Gasteiger partial charge in [-0.25, -0.2) is 0 Å². The molecular formula is C45H30N2O2. The van der Waals surface area contributed by atoms with Crippen molar-refractivity contribution in [2.24, 2.45) is 0 Å². The van der Waals surface area contributed by atoms with Gasteiger partial charge < -0.3 is 19.1 Å². The predicted octanol–water partition coefficient (Wildman–Crippen LogP) is 12.6. The molecule has 1 aliphatic rings. The zero-order chi connectivity index (χ0) is 32.3. The van der Waals surface area contributed by atoms with Crippen LogP contribution in [0.2, 0.25) is 0 Å². The fourth-order valence-electron chi connectivity index (χ4n) is 7.32. The Hall–Kier alpha value is -6.52. The van der Waals surface area contributed by atoms with Crippen LogP contribution in [0.25, 0.3) is 66.5 Å². The van der Waals surface area contributed by atoms with Crippen LogP contribution in [0, 0.1) is 0 Å². The van der Waals surface area contributed by atoms with Gasteiger partial charge in [0.25, 0.3) is 0 Å². The van der Waals surface area contributed by atoms with E-state index in [1.807, 2.05) is 30.3 Å². The standard InChI is InChI=1S/C45H30N2O2/c1-2-10-36-30(8-1)9-7-13-37(36)31-18-22-34(23-19-31)47(35-24-25-39-38-11-3-5-14-41(38)48-43(39)27-35)33-20-16-29(17-21-33)32-26-44-45(46-28-32)40-12-4-6-15-42(40)49-44/h1-27,46H,28H2. The number of rotatable bonds is 5. The Bertz CT molecular complexity index is 2710. The number of furan rings is 2. The average Bonchev–Trinajstić information content (AvgIpc) is 3.73. The molecule has 0 bridgehead atoms. The zero-order valence-electron chi connectivity index (χ0n) is 26.6. The summed E-state index contributed by atoms with van der Waals surface area (Å²) >= 11 is 0. The Labute approximate surface area is 283 Å². The van der Waals surface area contributed by atoms with Crippen molar-refractivity contribution >= 4 is 78.1 Å². The summed E-state index contributed by atoms with van der Waals surface area (Å²) in [7, 11) is 0. The van der Waals surface area contributed by atoms with Crippen LogP contribution in [0.1, 0.15) is 11.3 Å². The second kappa shape index (κ2) is 11.0. The van der Waals surface area contributed by atoms with Crippen molar-refractivity contribution in [1.29, 1.82) is 0 Å². The third-order valence-corrected chi connectivity index (χ3v) is 9.73. The van der Waals surface area contributed by atoms with E-state index < -0.39 is 0 Å². The zero-order valence-corrected chi connectivity index (χ0v) is 26.6. The van der Waals surface area contributed by atoms with E-state index in [2.05, 4.69) is 144 Å². The molecule has 9 aromatic rings. The summed E-state index contributed by atoms with van der Waals surface area (Å²) in [5.74, 6) is 0.874. The number of benzene rings is 7. The Morgan fingerprint density at radius 3 is 1.88 bits per heavy atom. The lowest BCUT2D eigenvalue weighted by atomic mass is 9.98. The smallest absolute Gasteiger partial charge is 0.151 e. The molecule has 4 nitrogen and oxygen atoms in total. The van der Waals surface area contributed by atoms with Gasteiger partial charge in [0.2, 0.25) is 0 Å². The Morgan fingerprint density at radius 1 is 0.469 bits per heavy atom. The molecule has 0 aliphatic carbocycles. The van der Waals surface area contributed by atoms with Crippen LogP contribution in [-0.4, -0.2) is 6.54 Å². The minimum absolute atomic E-state index is 0.734. The third kappa shape index (κ3) is 4.61. The number of nitrogens with one attached hydrogen (secondary N) is 1. The SMILES string of the molecule is C1=C(c2ccc(N(c3ccc(-c4cccc5ccccc45)cc3)c3ccc4c(c3)oc3ccccc34)cc2)CNc2c1oc1ccccc21. The molecule has 0 spiro atoms. The first kappa shape index (κ1) is 27.6. The number of anilines is 4. The Kier molecular flexibility index (Phi) is 6.21. The number of hydrogen-bond donors (Lipinski definition) is 1. The largest absolute Gasteiger partial charge is 0.456 e. The van der Waals surface area contributed by atoms with E-state index in [-0.39, 0.29) is 0 Å². The highest BCUT2D eigenvalue weighted by molar-refractivity contribution is 6.06. The van der Waals surface area contributed by atoms with Crippen molar-refractivity contribution < 1.29 is 8.83 Å². The molecule has 0 saturated carbocycles. The second-order valence-electron chi connectivity index (χ2n) is 12.6. The monoisotopic (exact) mass is 630 g/mol. The van der Waals surface area contributed by atoms with Crippen LogP contribution in [0.5, 0.6) is 0 Å². The molecular weight excluding hydrogens is 601 g/mol. The third-order valence-electron chi connectivity index (χ3n) is 9.73. The van der Waals surface area contributed by atoms with Crippen LogP contribution in [0.3, 0.4) is 0 Å². The summed E-state index contributed by atoms with van der Waals surface area (Å²) in [5, 5.41) is 9.45. The molecule has 0 radical (unpaired) electrons. The first-order valence-corrected chi connectivity index (χ1v) is 16.6. The van der Waals surface area contributed by atoms with Gasteiger partial charge in [-0.05, 0) is 93.7 Å². The van der Waals surface area contributed by atoms with Crippen molar-refractivity contribution in [3.05, 3.63) is 169 Å². The van der Waals surface area contributed by atoms with Gasteiger partial charge in [-0.15, -0.1) is 0 Å². The molecule has 0 saturated heterocycles. The lowest BCUT2D eigenvalue weighted by molar-refractivity contribution is 0.604. The van der Waals surface area contributed by atoms with E-state index in [4.69, 9.17) is 8.83 Å². The summed E-state index contributed by atoms with van der Waals surface area (Å²) < 4.78 is 12.5. The number of para-hydroxylation sites is 2. The van der Waals surface area contributed by atoms with Crippen LogP contribution in [0.4, 0.5) is 22.7 Å². The molecule has 1 aliphatic heterocycles. The number of hydrogen-bond acceptors (Lipinski definition) is 4. The highest BCUT2D eigenvalue weighted by atomic mass is 16.3. The second-order valence-corrected chi connectivity index (χ2v) is 12.6. The summed E-state index contributed by atoms with van der Waals surface area (Å²) in [4.78, 5) is 2.30. The molecule has 4 heteroatoms. The average molecular weight is 631 g/mol. The van der Waals surface area contributed by atoms with Crippen molar-refractivity contribution in [3.8, 4) is 11.1 Å². The molecule has 0 fully saturated rings. The predicted molar refractivity (Wildman–Crippen MR) is 204 cm³/mol. The van der Waals surface area contributed by atoms with Gasteiger partial charge in [0, 0.05) is 45.8 Å². The highest BCUT2D eigenvalue weighted by Crippen LogP contribution is 2.41. The molecule has 1 N–H and O–H groups in total. The van der Waals surface area contributed by atoms with Crippen molar-refractivity contribution in [2.45, 2.75) is 0 Å². The topological polar surface area (TPSA) is 41.6 Å². The molecule has 49 heavy (non-hydrogen) atoms. The van der Waals surface area contributed by atoms with Crippen LogP contribution in [0.15, 0.2) is 167 Å². The fraction of sp³-hybridized carbons (Fsp3) is 0.0222. The molecule has 2 aromatic heterocycles. The molecule has 0 unspecified atom stereocenters. The van der Waals surface area contributed by atoms with E-state index in [1.165, 1.54) is 27.5 Å². The number of fused-ring (bicyclic) bond motifs is 7. The number of nitrogens with zero attached hydrogens (tertiary/aromatic N) is 1. The van der Waals surface area contributed by atoms with Crippen LogP contribution in [-0.2, 0) is 0 Å². The fourth-order valence-corrected chi connectivity index (χ4v) is 7.32. The maximum Gasteiger partial charge on any atom is 0.151 e. The Morgan fingerprint density at radius 2 is 1.08 bits per heavy atom. The van der Waals surface area contributed by atoms with Crippen molar-refractivity contribution in [3.63, 3.8) is 0 Å². The molecule has 3 heterocycles. The van der Waals surface area contributed by atoms with Crippen LogP contribution < -0.4 is 10.2 Å². The van der Waals surface area contributed by atoms with E-state index in [0.29, 0.717) is 0 Å². The summed E-state index contributed by atoms with van der Waals surface area (Å²) in [6.07, 6.45) is 2.17.